The van der Waals surface area contributed by atoms with Gasteiger partial charge in [-0.25, -0.2) is 13.8 Å². The maximum absolute atomic E-state index is 13.6. The number of hydrogen-bond acceptors (Lipinski definition) is 5. The van der Waals surface area contributed by atoms with Crippen LogP contribution in [0.2, 0.25) is 0 Å². The monoisotopic (exact) mass is 438 g/mol. The van der Waals surface area contributed by atoms with Crippen molar-refractivity contribution in [3.8, 4) is 11.3 Å². The van der Waals surface area contributed by atoms with Gasteiger partial charge < -0.3 is 14.5 Å². The lowest BCUT2D eigenvalue weighted by atomic mass is 10.1. The van der Waals surface area contributed by atoms with E-state index in [2.05, 4.69) is 9.97 Å². The Labute approximate surface area is 185 Å². The number of hydrogen-bond donors (Lipinski definition) is 0. The van der Waals surface area contributed by atoms with E-state index in [4.69, 9.17) is 4.74 Å². The van der Waals surface area contributed by atoms with E-state index in [1.807, 2.05) is 18.0 Å². The molecule has 0 N–H and O–H groups in total. The van der Waals surface area contributed by atoms with Crippen LogP contribution in [0, 0.1) is 11.6 Å². The third-order valence-corrected chi connectivity index (χ3v) is 5.43. The van der Waals surface area contributed by atoms with E-state index >= 15 is 0 Å². The van der Waals surface area contributed by atoms with Crippen LogP contribution < -0.4 is 4.90 Å². The number of ether oxygens (including phenoxy) is 1. The maximum atomic E-state index is 13.6. The highest BCUT2D eigenvalue weighted by molar-refractivity contribution is 5.77. The first-order chi connectivity index (χ1) is 15.5. The molecule has 1 amide bonds. The predicted octanol–water partition coefficient (Wildman–Crippen LogP) is 3.85. The fourth-order valence-electron chi connectivity index (χ4n) is 3.64. The van der Waals surface area contributed by atoms with Crippen LogP contribution in [-0.4, -0.2) is 54.1 Å². The summed E-state index contributed by atoms with van der Waals surface area (Å²) in [5.74, 6) is -0.655. The molecule has 1 saturated heterocycles. The van der Waals surface area contributed by atoms with Gasteiger partial charge >= 0.3 is 0 Å². The number of halogens is 2. The van der Waals surface area contributed by atoms with Gasteiger partial charge in [-0.2, -0.15) is 0 Å². The first-order valence-electron chi connectivity index (χ1n) is 10.4. The van der Waals surface area contributed by atoms with Crippen molar-refractivity contribution in [3.05, 3.63) is 78.3 Å². The Hall–Kier alpha value is -3.39. The van der Waals surface area contributed by atoms with Crippen LogP contribution in [0.5, 0.6) is 0 Å². The summed E-state index contributed by atoms with van der Waals surface area (Å²) in [6, 6.07) is 12.5. The van der Waals surface area contributed by atoms with Gasteiger partial charge in [-0.15, -0.1) is 0 Å². The predicted molar refractivity (Wildman–Crippen MR) is 117 cm³/mol. The quantitative estimate of drug-likeness (QED) is 0.585. The minimum atomic E-state index is -0.408. The van der Waals surface area contributed by atoms with Gasteiger partial charge in [-0.3, -0.25) is 9.78 Å². The molecular weight excluding hydrogens is 414 g/mol. The second kappa shape index (κ2) is 9.82. The highest BCUT2D eigenvalue weighted by Gasteiger charge is 2.27. The number of carbonyl (C=O) groups is 1. The zero-order chi connectivity index (χ0) is 22.5. The van der Waals surface area contributed by atoms with E-state index in [-0.39, 0.29) is 17.5 Å². The summed E-state index contributed by atoms with van der Waals surface area (Å²) in [4.78, 5) is 25.2. The van der Waals surface area contributed by atoms with Crippen molar-refractivity contribution in [2.75, 3.05) is 38.2 Å². The molecule has 166 valence electrons. The van der Waals surface area contributed by atoms with Gasteiger partial charge in [-0.05, 0) is 30.3 Å². The summed E-state index contributed by atoms with van der Waals surface area (Å²) in [5, 5.41) is 0. The molecule has 0 bridgehead atoms. The molecule has 1 aliphatic rings. The number of amides is 1. The minimum Gasteiger partial charge on any atom is -0.374 e. The zero-order valence-electron chi connectivity index (χ0n) is 17.7. The smallest absolute Gasteiger partial charge is 0.224 e. The molecule has 4 rings (SSSR count). The molecule has 32 heavy (non-hydrogen) atoms. The standard InChI is InChI=1S/C24H24F2N4O2/c1-29(20-7-3-6-19(26)13-20)9-8-24(31)30-10-11-32-23(16-30)22-15-27-14-21(28-22)17-4-2-5-18(25)12-17/h2-7,12-15,23H,8-11,16H2,1H3/t23-/m1/s1. The Morgan fingerprint density at radius 2 is 1.94 bits per heavy atom. The summed E-state index contributed by atoms with van der Waals surface area (Å²) >= 11 is 0. The summed E-state index contributed by atoms with van der Waals surface area (Å²) in [5.41, 5.74) is 2.50. The number of anilines is 1. The Bertz CT molecular complexity index is 1090. The van der Waals surface area contributed by atoms with Crippen LogP contribution in [0.25, 0.3) is 11.3 Å². The Balaban J connectivity index is 1.39. The molecule has 8 heteroatoms. The van der Waals surface area contributed by atoms with Gasteiger partial charge in [0.1, 0.15) is 17.7 Å². The van der Waals surface area contributed by atoms with E-state index in [0.717, 1.165) is 5.69 Å². The third kappa shape index (κ3) is 5.26. The molecule has 1 aliphatic heterocycles. The molecule has 0 radical (unpaired) electrons. The molecule has 0 saturated carbocycles. The molecule has 6 nitrogen and oxygen atoms in total. The average molecular weight is 438 g/mol. The van der Waals surface area contributed by atoms with Crippen molar-refractivity contribution in [1.29, 1.82) is 0 Å². The number of nitrogens with zero attached hydrogens (tertiary/aromatic N) is 4. The first-order valence-corrected chi connectivity index (χ1v) is 10.4. The first kappa shape index (κ1) is 21.8. The molecule has 2 aromatic carbocycles. The van der Waals surface area contributed by atoms with Gasteiger partial charge in [-0.1, -0.05) is 18.2 Å². The van der Waals surface area contributed by atoms with Crippen LogP contribution >= 0.6 is 0 Å². The SMILES string of the molecule is CN(CCC(=O)N1CCO[C@@H](c2cncc(-c3cccc(F)c3)n2)C1)c1cccc(F)c1. The van der Waals surface area contributed by atoms with E-state index in [9.17, 15) is 13.6 Å². The number of carbonyl (C=O) groups excluding carboxylic acids is 1. The topological polar surface area (TPSA) is 58.6 Å². The number of rotatable bonds is 6. The number of morpholine rings is 1. The van der Waals surface area contributed by atoms with Crippen LogP contribution in [0.4, 0.5) is 14.5 Å². The highest BCUT2D eigenvalue weighted by Crippen LogP contribution is 2.24. The molecule has 0 spiro atoms. The fourth-order valence-corrected chi connectivity index (χ4v) is 3.64. The average Bonchev–Trinajstić information content (AvgIpc) is 2.82. The lowest BCUT2D eigenvalue weighted by Crippen LogP contribution is -2.43. The van der Waals surface area contributed by atoms with Crippen molar-refractivity contribution >= 4 is 11.6 Å². The van der Waals surface area contributed by atoms with Crippen molar-refractivity contribution in [1.82, 2.24) is 14.9 Å². The molecule has 1 aromatic heterocycles. The van der Waals surface area contributed by atoms with Gasteiger partial charge in [0.25, 0.3) is 0 Å². The highest BCUT2D eigenvalue weighted by atomic mass is 19.1. The van der Waals surface area contributed by atoms with Gasteiger partial charge in [0.05, 0.1) is 36.9 Å². The van der Waals surface area contributed by atoms with Crippen LogP contribution in [0.1, 0.15) is 18.2 Å². The molecule has 0 aliphatic carbocycles. The van der Waals surface area contributed by atoms with Crippen molar-refractivity contribution < 1.29 is 18.3 Å². The minimum absolute atomic E-state index is 0.00389. The lowest BCUT2D eigenvalue weighted by molar-refractivity contribution is -0.138. The Morgan fingerprint density at radius 1 is 1.16 bits per heavy atom. The molecule has 1 atom stereocenters. The second-order valence-electron chi connectivity index (χ2n) is 7.69. The summed E-state index contributed by atoms with van der Waals surface area (Å²) in [6.07, 6.45) is 3.08. The van der Waals surface area contributed by atoms with Crippen molar-refractivity contribution in [2.45, 2.75) is 12.5 Å². The largest absolute Gasteiger partial charge is 0.374 e. The van der Waals surface area contributed by atoms with Gasteiger partial charge in [0, 0.05) is 37.8 Å². The van der Waals surface area contributed by atoms with Gasteiger partial charge in [0.2, 0.25) is 5.91 Å². The Kier molecular flexibility index (Phi) is 6.70. The summed E-state index contributed by atoms with van der Waals surface area (Å²) < 4.78 is 32.8. The normalized spacial score (nSPS) is 16.1. The zero-order valence-corrected chi connectivity index (χ0v) is 17.7. The van der Waals surface area contributed by atoms with Crippen molar-refractivity contribution in [2.24, 2.45) is 0 Å². The van der Waals surface area contributed by atoms with E-state index in [1.54, 1.807) is 35.5 Å². The third-order valence-electron chi connectivity index (χ3n) is 5.43. The molecule has 1 fully saturated rings. The molecule has 3 aromatic rings. The molecular formula is C24H24F2N4O2. The summed E-state index contributed by atoms with van der Waals surface area (Å²) in [7, 11) is 1.83. The maximum Gasteiger partial charge on any atom is 0.224 e. The number of aromatic nitrogens is 2. The number of benzene rings is 2. The second-order valence-corrected chi connectivity index (χ2v) is 7.69. The van der Waals surface area contributed by atoms with E-state index in [1.165, 1.54) is 24.3 Å². The molecule has 0 unspecified atom stereocenters. The van der Waals surface area contributed by atoms with Crippen LogP contribution in [0.15, 0.2) is 60.9 Å². The molecule has 2 heterocycles. The van der Waals surface area contributed by atoms with Crippen LogP contribution in [-0.2, 0) is 9.53 Å². The van der Waals surface area contributed by atoms with Crippen LogP contribution in [0.3, 0.4) is 0 Å². The van der Waals surface area contributed by atoms with E-state index < -0.39 is 6.10 Å². The van der Waals surface area contributed by atoms with Gasteiger partial charge in [0.15, 0.2) is 0 Å². The fraction of sp³-hybridized carbons (Fsp3) is 0.292. The lowest BCUT2D eigenvalue weighted by Gasteiger charge is -2.33. The summed E-state index contributed by atoms with van der Waals surface area (Å²) in [6.45, 7) is 1.72. The van der Waals surface area contributed by atoms with E-state index in [0.29, 0.717) is 49.6 Å². The van der Waals surface area contributed by atoms with Crippen molar-refractivity contribution in [3.63, 3.8) is 0 Å². The Morgan fingerprint density at radius 3 is 2.72 bits per heavy atom.